The second kappa shape index (κ2) is 9.88. The van der Waals surface area contributed by atoms with Crippen molar-refractivity contribution in [3.05, 3.63) is 93.8 Å². The van der Waals surface area contributed by atoms with Gasteiger partial charge in [-0.25, -0.2) is 4.98 Å². The van der Waals surface area contributed by atoms with Gasteiger partial charge >= 0.3 is 0 Å². The zero-order valence-electron chi connectivity index (χ0n) is 20.3. The van der Waals surface area contributed by atoms with E-state index >= 15 is 0 Å². The fourth-order valence-corrected chi connectivity index (χ4v) is 5.02. The first kappa shape index (κ1) is 23.0. The van der Waals surface area contributed by atoms with Crippen molar-refractivity contribution < 1.29 is 4.42 Å². The summed E-state index contributed by atoms with van der Waals surface area (Å²) in [7, 11) is 0. The molecular formula is C29H26N6O2. The van der Waals surface area contributed by atoms with Crippen LogP contribution in [0, 0.1) is 11.3 Å². The molecule has 0 unspecified atom stereocenters. The molecule has 0 bridgehead atoms. The van der Waals surface area contributed by atoms with Crippen LogP contribution in [0.15, 0.2) is 70.2 Å². The number of pyridine rings is 1. The molecule has 3 aromatic heterocycles. The first-order valence-corrected chi connectivity index (χ1v) is 12.5. The summed E-state index contributed by atoms with van der Waals surface area (Å²) in [5, 5.41) is 16.8. The van der Waals surface area contributed by atoms with Crippen molar-refractivity contribution in [3.63, 3.8) is 0 Å². The number of aromatic nitrogens is 3. The second-order valence-corrected chi connectivity index (χ2v) is 9.32. The average Bonchev–Trinajstić information content (AvgIpc) is 3.63. The van der Waals surface area contributed by atoms with Crippen molar-refractivity contribution in [2.75, 3.05) is 18.4 Å². The highest BCUT2D eigenvalue weighted by molar-refractivity contribution is 5.78. The van der Waals surface area contributed by atoms with Crippen LogP contribution in [0.2, 0.25) is 0 Å². The Morgan fingerprint density at radius 1 is 1.14 bits per heavy atom. The number of fused-ring (bicyclic) bond motifs is 1. The number of nitrogens with zero attached hydrogens (tertiary/aromatic N) is 4. The molecule has 2 N–H and O–H groups in total. The number of hydrogen-bond donors (Lipinski definition) is 2. The lowest BCUT2D eigenvalue weighted by Gasteiger charge is -2.15. The Morgan fingerprint density at radius 3 is 2.78 bits per heavy atom. The van der Waals surface area contributed by atoms with Crippen molar-refractivity contribution in [3.8, 4) is 6.07 Å². The van der Waals surface area contributed by atoms with E-state index in [1.54, 1.807) is 18.5 Å². The molecule has 8 heteroatoms. The van der Waals surface area contributed by atoms with Crippen LogP contribution >= 0.6 is 0 Å². The Kier molecular flexibility index (Phi) is 6.13. The minimum Gasteiger partial charge on any atom is -0.464 e. The van der Waals surface area contributed by atoms with Gasteiger partial charge < -0.3 is 15.1 Å². The van der Waals surface area contributed by atoms with Crippen molar-refractivity contribution in [2.24, 2.45) is 0 Å². The van der Waals surface area contributed by atoms with Crippen molar-refractivity contribution in [2.45, 2.75) is 32.2 Å². The van der Waals surface area contributed by atoms with E-state index in [4.69, 9.17) is 9.40 Å². The first-order chi connectivity index (χ1) is 18.2. The molecule has 0 atom stereocenters. The van der Waals surface area contributed by atoms with E-state index < -0.39 is 0 Å². The van der Waals surface area contributed by atoms with Crippen LogP contribution in [-0.4, -0.2) is 27.6 Å². The Hall–Kier alpha value is -4.48. The van der Waals surface area contributed by atoms with Gasteiger partial charge in [0.25, 0.3) is 5.56 Å². The van der Waals surface area contributed by atoms with Crippen molar-refractivity contribution in [1.82, 2.24) is 19.9 Å². The third kappa shape index (κ3) is 4.57. The zero-order chi connectivity index (χ0) is 25.2. The molecule has 4 aromatic rings. The highest BCUT2D eigenvalue weighted by Crippen LogP contribution is 2.31. The molecule has 6 rings (SSSR count). The summed E-state index contributed by atoms with van der Waals surface area (Å²) in [5.74, 6) is 1.18. The number of nitriles is 1. The predicted molar refractivity (Wildman–Crippen MR) is 143 cm³/mol. The molecule has 0 saturated heterocycles. The Morgan fingerprint density at radius 2 is 2.03 bits per heavy atom. The summed E-state index contributed by atoms with van der Waals surface area (Å²) in [6.07, 6.45) is 11.8. The van der Waals surface area contributed by atoms with E-state index in [0.717, 1.165) is 61.4 Å². The maximum atomic E-state index is 13.2. The molecule has 2 aliphatic rings. The maximum Gasteiger partial charge on any atom is 0.270 e. The van der Waals surface area contributed by atoms with Crippen molar-refractivity contribution in [1.29, 1.82) is 5.26 Å². The standard InChI is InChI=1S/C29H26N6O2/c30-16-23-15-24-17-32-29(33-25-7-5-19(6-8-25)20-9-12-31-13-10-20)34-27(24)35(28(23)36)18-22-11-14-37-26(22)21-3-1-2-4-21/h3,5-9,11,14-15,17,31H,1-2,4,10,12-13,18H2,(H,32,33,34). The van der Waals surface area contributed by atoms with Gasteiger partial charge in [-0.1, -0.05) is 24.3 Å². The second-order valence-electron chi connectivity index (χ2n) is 9.32. The third-order valence-electron chi connectivity index (χ3n) is 6.93. The van der Waals surface area contributed by atoms with Gasteiger partial charge in [0, 0.05) is 29.4 Å². The van der Waals surface area contributed by atoms with Crippen LogP contribution in [0.1, 0.15) is 48.1 Å². The molecule has 4 heterocycles. The summed E-state index contributed by atoms with van der Waals surface area (Å²) in [4.78, 5) is 22.4. The van der Waals surface area contributed by atoms with Crippen LogP contribution in [-0.2, 0) is 6.54 Å². The molecule has 0 amide bonds. The minimum absolute atomic E-state index is 0.0599. The zero-order valence-corrected chi connectivity index (χ0v) is 20.3. The largest absolute Gasteiger partial charge is 0.464 e. The van der Waals surface area contributed by atoms with E-state index in [1.807, 2.05) is 24.3 Å². The lowest BCUT2D eigenvalue weighted by atomic mass is 10.0. The van der Waals surface area contributed by atoms with Crippen LogP contribution in [0.25, 0.3) is 22.2 Å². The van der Waals surface area contributed by atoms with Gasteiger partial charge in [-0.2, -0.15) is 10.2 Å². The first-order valence-electron chi connectivity index (χ1n) is 12.5. The van der Waals surface area contributed by atoms with Crippen LogP contribution in [0.5, 0.6) is 0 Å². The fraction of sp³-hybridized carbons (Fsp3) is 0.241. The molecule has 8 nitrogen and oxygen atoms in total. The molecule has 37 heavy (non-hydrogen) atoms. The Labute approximate surface area is 214 Å². The lowest BCUT2D eigenvalue weighted by molar-refractivity contribution is 0.545. The Bertz CT molecular complexity index is 1640. The Balaban J connectivity index is 1.34. The molecule has 0 spiro atoms. The van der Waals surface area contributed by atoms with Crippen molar-refractivity contribution >= 4 is 33.8 Å². The number of furan rings is 1. The number of benzene rings is 1. The monoisotopic (exact) mass is 490 g/mol. The van der Waals surface area contributed by atoms with Crippen LogP contribution in [0.4, 0.5) is 11.6 Å². The number of rotatable bonds is 6. The summed E-state index contributed by atoms with van der Waals surface area (Å²) in [6.45, 7) is 2.14. The SMILES string of the molecule is N#Cc1cc2cnc(Nc3ccc(C4=CCNCC4)cc3)nc2n(Cc2ccoc2C2=CCCC2)c1=O. The topological polar surface area (TPSA) is 109 Å². The molecule has 0 radical (unpaired) electrons. The molecule has 1 aromatic carbocycles. The molecule has 1 aliphatic heterocycles. The fourth-order valence-electron chi connectivity index (χ4n) is 5.02. The van der Waals surface area contributed by atoms with Gasteiger partial charge in [0.15, 0.2) is 0 Å². The number of nitrogens with one attached hydrogen (secondary N) is 2. The normalized spacial score (nSPS) is 15.3. The van der Waals surface area contributed by atoms with E-state index in [2.05, 4.69) is 39.9 Å². The van der Waals surface area contributed by atoms with Gasteiger partial charge in [-0.15, -0.1) is 0 Å². The van der Waals surface area contributed by atoms with Crippen LogP contribution in [0.3, 0.4) is 0 Å². The summed E-state index contributed by atoms with van der Waals surface area (Å²) < 4.78 is 7.32. The molecule has 0 fully saturated rings. The lowest BCUT2D eigenvalue weighted by Crippen LogP contribution is -2.24. The summed E-state index contributed by atoms with van der Waals surface area (Å²) in [5.41, 5.74) is 5.60. The van der Waals surface area contributed by atoms with E-state index in [9.17, 15) is 10.1 Å². The molecule has 0 saturated carbocycles. The highest BCUT2D eigenvalue weighted by atomic mass is 16.3. The molecular weight excluding hydrogens is 464 g/mol. The smallest absolute Gasteiger partial charge is 0.270 e. The van der Waals surface area contributed by atoms with E-state index in [-0.39, 0.29) is 17.7 Å². The van der Waals surface area contributed by atoms with Gasteiger partial charge in [0.1, 0.15) is 23.0 Å². The quantitative estimate of drug-likeness (QED) is 0.392. The third-order valence-corrected chi connectivity index (χ3v) is 6.93. The number of hydrogen-bond acceptors (Lipinski definition) is 7. The summed E-state index contributed by atoms with van der Waals surface area (Å²) in [6, 6.07) is 13.6. The molecule has 1 aliphatic carbocycles. The van der Waals surface area contributed by atoms with E-state index in [0.29, 0.717) is 17.0 Å². The minimum atomic E-state index is -0.383. The molecule has 184 valence electrons. The van der Waals surface area contributed by atoms with Gasteiger partial charge in [-0.3, -0.25) is 9.36 Å². The maximum absolute atomic E-state index is 13.2. The van der Waals surface area contributed by atoms with E-state index in [1.165, 1.54) is 15.7 Å². The number of anilines is 2. The van der Waals surface area contributed by atoms with Crippen LogP contribution < -0.4 is 16.2 Å². The van der Waals surface area contributed by atoms with Gasteiger partial charge in [0.2, 0.25) is 5.95 Å². The summed E-state index contributed by atoms with van der Waals surface area (Å²) >= 11 is 0. The van der Waals surface area contributed by atoms with Gasteiger partial charge in [0.05, 0.1) is 12.8 Å². The average molecular weight is 491 g/mol. The van der Waals surface area contributed by atoms with Gasteiger partial charge in [-0.05, 0) is 73.2 Å². The number of allylic oxidation sites excluding steroid dienone is 2. The highest BCUT2D eigenvalue weighted by Gasteiger charge is 2.18. The predicted octanol–water partition coefficient (Wildman–Crippen LogP) is 4.99.